The second kappa shape index (κ2) is 3.59. The van der Waals surface area contributed by atoms with Crippen LogP contribution in [0.5, 0.6) is 0 Å². The van der Waals surface area contributed by atoms with Gasteiger partial charge < -0.3 is 5.32 Å². The van der Waals surface area contributed by atoms with Crippen molar-refractivity contribution in [1.29, 1.82) is 0 Å². The normalized spacial score (nSPS) is 19.2. The van der Waals surface area contributed by atoms with Crippen LogP contribution < -0.4 is 5.32 Å². The van der Waals surface area contributed by atoms with E-state index in [9.17, 15) is 4.39 Å². The quantitative estimate of drug-likeness (QED) is 0.866. The molecule has 2 heterocycles. The highest BCUT2D eigenvalue weighted by molar-refractivity contribution is 5.70. The highest BCUT2D eigenvalue weighted by Gasteiger charge is 2.40. The Hall–Kier alpha value is -1.91. The SMILES string of the molecule is Cc1ccc(F)c2c1-n1c(C3CC3)nnc1C(C)(C)N2. The van der Waals surface area contributed by atoms with E-state index < -0.39 is 5.54 Å². The molecule has 1 aromatic heterocycles. The summed E-state index contributed by atoms with van der Waals surface area (Å²) in [5, 5.41) is 12.0. The highest BCUT2D eigenvalue weighted by atomic mass is 19.1. The molecule has 104 valence electrons. The molecule has 4 rings (SSSR count). The minimum Gasteiger partial charge on any atom is -0.369 e. The summed E-state index contributed by atoms with van der Waals surface area (Å²) in [5.74, 6) is 2.09. The topological polar surface area (TPSA) is 42.7 Å². The maximum Gasteiger partial charge on any atom is 0.162 e. The molecule has 1 aromatic carbocycles. The number of rotatable bonds is 1. The smallest absolute Gasteiger partial charge is 0.162 e. The summed E-state index contributed by atoms with van der Waals surface area (Å²) >= 11 is 0. The molecule has 1 aliphatic carbocycles. The van der Waals surface area contributed by atoms with Gasteiger partial charge in [-0.05, 0) is 45.2 Å². The third-order valence-corrected chi connectivity index (χ3v) is 4.18. The Balaban J connectivity index is 2.07. The van der Waals surface area contributed by atoms with Gasteiger partial charge in [0.15, 0.2) is 5.82 Å². The lowest BCUT2D eigenvalue weighted by atomic mass is 9.98. The Bertz CT molecular complexity index is 713. The van der Waals surface area contributed by atoms with Crippen LogP contribution in [0.3, 0.4) is 0 Å². The molecule has 0 unspecified atom stereocenters. The molecule has 1 aliphatic heterocycles. The molecule has 2 aromatic rings. The summed E-state index contributed by atoms with van der Waals surface area (Å²) in [6.45, 7) is 6.02. The molecule has 0 atom stereocenters. The molecule has 1 fully saturated rings. The molecule has 0 spiro atoms. The fourth-order valence-electron chi connectivity index (χ4n) is 2.97. The van der Waals surface area contributed by atoms with Gasteiger partial charge in [0.05, 0.1) is 16.9 Å². The summed E-state index contributed by atoms with van der Waals surface area (Å²) in [6, 6.07) is 3.33. The molecular weight excluding hydrogens is 255 g/mol. The Labute approximate surface area is 117 Å². The van der Waals surface area contributed by atoms with Gasteiger partial charge in [0.25, 0.3) is 0 Å². The number of nitrogens with zero attached hydrogens (tertiary/aromatic N) is 3. The van der Waals surface area contributed by atoms with Crippen LogP contribution in [-0.2, 0) is 5.54 Å². The predicted octanol–water partition coefficient (Wildman–Crippen LogP) is 3.25. The molecular formula is C15H17FN4. The van der Waals surface area contributed by atoms with Gasteiger partial charge in [0.2, 0.25) is 0 Å². The number of nitrogens with one attached hydrogen (secondary N) is 1. The van der Waals surface area contributed by atoms with Crippen molar-refractivity contribution in [3.05, 3.63) is 35.2 Å². The van der Waals surface area contributed by atoms with Crippen LogP contribution in [0.1, 0.15) is 49.8 Å². The van der Waals surface area contributed by atoms with Crippen molar-refractivity contribution < 1.29 is 4.39 Å². The van der Waals surface area contributed by atoms with Crippen LogP contribution in [0.2, 0.25) is 0 Å². The molecule has 5 heteroatoms. The number of anilines is 1. The van der Waals surface area contributed by atoms with E-state index in [-0.39, 0.29) is 5.82 Å². The van der Waals surface area contributed by atoms with Gasteiger partial charge in [0.1, 0.15) is 11.6 Å². The Morgan fingerprint density at radius 1 is 1.30 bits per heavy atom. The standard InChI is InChI=1S/C15H17FN4/c1-8-4-7-10(16)11-12(8)20-13(9-5-6-9)18-19-14(20)15(2,3)17-11/h4,7,9,17H,5-6H2,1-3H3. The van der Waals surface area contributed by atoms with Crippen LogP contribution in [0.25, 0.3) is 5.69 Å². The van der Waals surface area contributed by atoms with E-state index in [1.54, 1.807) is 0 Å². The summed E-state index contributed by atoms with van der Waals surface area (Å²) in [5.41, 5.74) is 2.03. The number of benzene rings is 1. The first-order chi connectivity index (χ1) is 9.49. The van der Waals surface area contributed by atoms with E-state index in [0.29, 0.717) is 11.6 Å². The molecule has 20 heavy (non-hydrogen) atoms. The number of aromatic nitrogens is 3. The summed E-state index contributed by atoms with van der Waals surface area (Å²) in [7, 11) is 0. The predicted molar refractivity (Wildman–Crippen MR) is 74.7 cm³/mol. The average Bonchev–Trinajstić information content (AvgIpc) is 3.13. The lowest BCUT2D eigenvalue weighted by Gasteiger charge is -2.34. The number of halogens is 1. The van der Waals surface area contributed by atoms with Gasteiger partial charge in [-0.25, -0.2) is 4.39 Å². The minimum absolute atomic E-state index is 0.222. The fourth-order valence-corrected chi connectivity index (χ4v) is 2.97. The van der Waals surface area contributed by atoms with Crippen molar-refractivity contribution in [1.82, 2.24) is 14.8 Å². The molecule has 0 bridgehead atoms. The van der Waals surface area contributed by atoms with E-state index in [1.165, 1.54) is 6.07 Å². The van der Waals surface area contributed by atoms with Crippen molar-refractivity contribution in [2.45, 2.75) is 45.1 Å². The van der Waals surface area contributed by atoms with Crippen LogP contribution in [0, 0.1) is 12.7 Å². The number of fused-ring (bicyclic) bond motifs is 3. The highest BCUT2D eigenvalue weighted by Crippen LogP contribution is 2.45. The monoisotopic (exact) mass is 272 g/mol. The van der Waals surface area contributed by atoms with Gasteiger partial charge in [0, 0.05) is 5.92 Å². The molecule has 4 nitrogen and oxygen atoms in total. The zero-order valence-electron chi connectivity index (χ0n) is 11.9. The molecule has 2 aliphatic rings. The second-order valence-corrected chi connectivity index (χ2v) is 6.33. The van der Waals surface area contributed by atoms with Gasteiger partial charge in [-0.2, -0.15) is 0 Å². The van der Waals surface area contributed by atoms with Crippen molar-refractivity contribution in [3.8, 4) is 5.69 Å². The zero-order valence-corrected chi connectivity index (χ0v) is 11.9. The largest absolute Gasteiger partial charge is 0.369 e. The Kier molecular flexibility index (Phi) is 2.13. The minimum atomic E-state index is -0.429. The summed E-state index contributed by atoms with van der Waals surface area (Å²) in [6.07, 6.45) is 2.30. The van der Waals surface area contributed by atoms with Gasteiger partial charge in [-0.15, -0.1) is 10.2 Å². The lowest BCUT2D eigenvalue weighted by molar-refractivity contribution is 0.520. The summed E-state index contributed by atoms with van der Waals surface area (Å²) in [4.78, 5) is 0. The van der Waals surface area contributed by atoms with Crippen molar-refractivity contribution >= 4 is 5.69 Å². The molecule has 1 N–H and O–H groups in total. The molecule has 0 saturated heterocycles. The van der Waals surface area contributed by atoms with Gasteiger partial charge in [-0.3, -0.25) is 4.57 Å². The van der Waals surface area contributed by atoms with Gasteiger partial charge in [-0.1, -0.05) is 6.07 Å². The third kappa shape index (κ3) is 1.46. The van der Waals surface area contributed by atoms with E-state index in [4.69, 9.17) is 0 Å². The first-order valence-electron chi connectivity index (χ1n) is 7.02. The third-order valence-electron chi connectivity index (χ3n) is 4.18. The fraction of sp³-hybridized carbons (Fsp3) is 0.467. The van der Waals surface area contributed by atoms with Crippen LogP contribution in [0.15, 0.2) is 12.1 Å². The van der Waals surface area contributed by atoms with Crippen LogP contribution in [-0.4, -0.2) is 14.8 Å². The van der Waals surface area contributed by atoms with Crippen molar-refractivity contribution in [2.24, 2.45) is 0 Å². The maximum atomic E-state index is 14.2. The zero-order chi connectivity index (χ0) is 14.1. The second-order valence-electron chi connectivity index (χ2n) is 6.33. The van der Waals surface area contributed by atoms with Gasteiger partial charge >= 0.3 is 0 Å². The first kappa shape index (κ1) is 11.9. The lowest BCUT2D eigenvalue weighted by Crippen LogP contribution is -2.37. The number of hydrogen-bond acceptors (Lipinski definition) is 3. The maximum absolute atomic E-state index is 14.2. The average molecular weight is 272 g/mol. The first-order valence-corrected chi connectivity index (χ1v) is 7.02. The van der Waals surface area contributed by atoms with Crippen molar-refractivity contribution in [2.75, 3.05) is 5.32 Å². The van der Waals surface area contributed by atoms with E-state index in [0.717, 1.165) is 35.7 Å². The van der Waals surface area contributed by atoms with Crippen molar-refractivity contribution in [3.63, 3.8) is 0 Å². The number of aryl methyl sites for hydroxylation is 1. The van der Waals surface area contributed by atoms with Crippen LogP contribution in [0.4, 0.5) is 10.1 Å². The summed E-state index contributed by atoms with van der Waals surface area (Å²) < 4.78 is 16.3. The Morgan fingerprint density at radius 2 is 2.05 bits per heavy atom. The van der Waals surface area contributed by atoms with E-state index in [1.807, 2.05) is 26.8 Å². The Morgan fingerprint density at radius 3 is 2.75 bits per heavy atom. The molecule has 1 saturated carbocycles. The molecule has 0 radical (unpaired) electrons. The van der Waals surface area contributed by atoms with E-state index in [2.05, 4.69) is 20.1 Å². The van der Waals surface area contributed by atoms with E-state index >= 15 is 0 Å². The molecule has 0 amide bonds. The van der Waals surface area contributed by atoms with Crippen LogP contribution >= 0.6 is 0 Å². The number of hydrogen-bond donors (Lipinski definition) is 1.